The number of nitrogens with zero attached hydrogens (tertiary/aromatic N) is 1. The highest BCUT2D eigenvalue weighted by Crippen LogP contribution is 2.24. The molecule has 1 N–H and O–H groups in total. The van der Waals surface area contributed by atoms with Crippen molar-refractivity contribution in [2.24, 2.45) is 0 Å². The van der Waals surface area contributed by atoms with Crippen molar-refractivity contribution in [3.05, 3.63) is 36.3 Å². The molecule has 0 amide bonds. The Labute approximate surface area is 86.6 Å². The highest BCUT2D eigenvalue weighted by molar-refractivity contribution is 5.82. The van der Waals surface area contributed by atoms with Crippen LogP contribution in [0.3, 0.4) is 0 Å². The Morgan fingerprint density at radius 2 is 2.40 bits per heavy atom. The molecule has 1 heterocycles. The standard InChI is InChI=1S/C11H11FN2O/c1-3-15-7(2)8-4-5-10-9(11(8)12)6-13-14-10/h4-6H,2-3H2,1H3,(H,13,14). The smallest absolute Gasteiger partial charge is 0.145 e. The van der Waals surface area contributed by atoms with Gasteiger partial charge in [0.25, 0.3) is 0 Å². The van der Waals surface area contributed by atoms with Crippen molar-refractivity contribution >= 4 is 16.7 Å². The largest absolute Gasteiger partial charge is 0.494 e. The Balaban J connectivity index is 2.52. The second-order valence-corrected chi connectivity index (χ2v) is 3.11. The minimum absolute atomic E-state index is 0.345. The van der Waals surface area contributed by atoms with Crippen LogP contribution >= 0.6 is 0 Å². The summed E-state index contributed by atoms with van der Waals surface area (Å²) in [6, 6.07) is 3.39. The summed E-state index contributed by atoms with van der Waals surface area (Å²) in [5.41, 5.74) is 1.05. The van der Waals surface area contributed by atoms with Gasteiger partial charge in [0.15, 0.2) is 0 Å². The molecule has 1 aromatic heterocycles. The second kappa shape index (κ2) is 3.73. The maximum atomic E-state index is 13.9. The van der Waals surface area contributed by atoms with Crippen molar-refractivity contribution in [1.29, 1.82) is 0 Å². The molecule has 0 aliphatic rings. The molecule has 78 valence electrons. The molecule has 0 bridgehead atoms. The first-order chi connectivity index (χ1) is 7.24. The lowest BCUT2D eigenvalue weighted by Crippen LogP contribution is -1.94. The molecule has 0 fully saturated rings. The Morgan fingerprint density at radius 1 is 1.60 bits per heavy atom. The van der Waals surface area contributed by atoms with E-state index in [2.05, 4.69) is 16.8 Å². The number of H-pyrrole nitrogens is 1. The third-order valence-corrected chi connectivity index (χ3v) is 2.18. The molecule has 0 aliphatic heterocycles. The summed E-state index contributed by atoms with van der Waals surface area (Å²) in [4.78, 5) is 0. The van der Waals surface area contributed by atoms with Crippen molar-refractivity contribution in [2.75, 3.05) is 6.61 Å². The molecule has 0 saturated carbocycles. The lowest BCUT2D eigenvalue weighted by Gasteiger charge is -2.07. The van der Waals surface area contributed by atoms with Gasteiger partial charge in [0, 0.05) is 0 Å². The molecule has 3 nitrogen and oxygen atoms in total. The van der Waals surface area contributed by atoms with Gasteiger partial charge in [0.1, 0.15) is 11.6 Å². The van der Waals surface area contributed by atoms with Gasteiger partial charge >= 0.3 is 0 Å². The first-order valence-electron chi connectivity index (χ1n) is 4.67. The van der Waals surface area contributed by atoms with Gasteiger partial charge in [-0.2, -0.15) is 5.10 Å². The summed E-state index contributed by atoms with van der Waals surface area (Å²) < 4.78 is 19.0. The maximum Gasteiger partial charge on any atom is 0.145 e. The fraction of sp³-hybridized carbons (Fsp3) is 0.182. The van der Waals surface area contributed by atoms with Crippen molar-refractivity contribution in [1.82, 2.24) is 10.2 Å². The summed E-state index contributed by atoms with van der Waals surface area (Å²) >= 11 is 0. The Bertz CT molecular complexity index is 504. The fourth-order valence-electron chi connectivity index (χ4n) is 1.45. The van der Waals surface area contributed by atoms with Gasteiger partial charge in [-0.15, -0.1) is 0 Å². The molecule has 0 unspecified atom stereocenters. The van der Waals surface area contributed by atoms with Gasteiger partial charge in [0.05, 0.1) is 29.3 Å². The average molecular weight is 206 g/mol. The van der Waals surface area contributed by atoms with Crippen molar-refractivity contribution in [3.63, 3.8) is 0 Å². The number of aromatic nitrogens is 2. The van der Waals surface area contributed by atoms with Gasteiger partial charge in [0.2, 0.25) is 0 Å². The van der Waals surface area contributed by atoms with Crippen LogP contribution < -0.4 is 0 Å². The minimum Gasteiger partial charge on any atom is -0.494 e. The Morgan fingerprint density at radius 3 is 3.13 bits per heavy atom. The highest BCUT2D eigenvalue weighted by atomic mass is 19.1. The molecule has 15 heavy (non-hydrogen) atoms. The first kappa shape index (κ1) is 9.71. The van der Waals surface area contributed by atoms with Crippen LogP contribution in [0.5, 0.6) is 0 Å². The fourth-order valence-corrected chi connectivity index (χ4v) is 1.45. The molecule has 2 aromatic rings. The number of hydrogen-bond acceptors (Lipinski definition) is 2. The van der Waals surface area contributed by atoms with Crippen molar-refractivity contribution < 1.29 is 9.13 Å². The number of fused-ring (bicyclic) bond motifs is 1. The SMILES string of the molecule is C=C(OCC)c1ccc2[nH]ncc2c1F. The maximum absolute atomic E-state index is 13.9. The quantitative estimate of drug-likeness (QED) is 0.784. The van der Waals surface area contributed by atoms with Crippen molar-refractivity contribution in [3.8, 4) is 0 Å². The molecular formula is C11H11FN2O. The number of nitrogens with one attached hydrogen (secondary N) is 1. The number of hydrogen-bond donors (Lipinski definition) is 1. The van der Waals surface area contributed by atoms with Crippen molar-refractivity contribution in [2.45, 2.75) is 6.92 Å². The molecule has 0 saturated heterocycles. The molecular weight excluding hydrogens is 195 g/mol. The molecule has 4 heteroatoms. The highest BCUT2D eigenvalue weighted by Gasteiger charge is 2.11. The van der Waals surface area contributed by atoms with E-state index in [1.54, 1.807) is 12.1 Å². The van der Waals surface area contributed by atoms with Gasteiger partial charge in [-0.1, -0.05) is 6.58 Å². The van der Waals surface area contributed by atoms with E-state index in [1.807, 2.05) is 6.92 Å². The van der Waals surface area contributed by atoms with Gasteiger partial charge in [-0.05, 0) is 19.1 Å². The van der Waals surface area contributed by atoms with Crippen LogP contribution in [0.4, 0.5) is 4.39 Å². The number of ether oxygens (including phenoxy) is 1. The Hall–Kier alpha value is -1.84. The zero-order chi connectivity index (χ0) is 10.8. The summed E-state index contributed by atoms with van der Waals surface area (Å²) in [6.45, 7) is 5.98. The predicted molar refractivity (Wildman–Crippen MR) is 56.7 cm³/mol. The molecule has 1 aromatic carbocycles. The number of halogens is 1. The second-order valence-electron chi connectivity index (χ2n) is 3.11. The van der Waals surface area contributed by atoms with E-state index in [0.717, 1.165) is 0 Å². The molecule has 0 aliphatic carbocycles. The monoisotopic (exact) mass is 206 g/mol. The zero-order valence-corrected chi connectivity index (χ0v) is 8.38. The van der Waals surface area contributed by atoms with Crippen LogP contribution in [-0.4, -0.2) is 16.8 Å². The zero-order valence-electron chi connectivity index (χ0n) is 8.38. The topological polar surface area (TPSA) is 37.9 Å². The van der Waals surface area contributed by atoms with E-state index >= 15 is 0 Å². The molecule has 0 spiro atoms. The lowest BCUT2D eigenvalue weighted by atomic mass is 10.1. The van der Waals surface area contributed by atoms with Crippen LogP contribution in [0.15, 0.2) is 24.9 Å². The number of benzene rings is 1. The molecule has 2 rings (SSSR count). The number of rotatable bonds is 3. The van der Waals surface area contributed by atoms with Crippen LogP contribution in [-0.2, 0) is 4.74 Å². The Kier molecular flexibility index (Phi) is 2.41. The average Bonchev–Trinajstić information content (AvgIpc) is 2.67. The summed E-state index contributed by atoms with van der Waals surface area (Å²) in [5.74, 6) is -0.00204. The normalized spacial score (nSPS) is 10.5. The van der Waals surface area contributed by atoms with Gasteiger partial charge in [-0.25, -0.2) is 4.39 Å². The summed E-state index contributed by atoms with van der Waals surface area (Å²) in [7, 11) is 0. The van der Waals surface area contributed by atoms with Crippen LogP contribution in [0.25, 0.3) is 16.7 Å². The van der Waals surface area contributed by atoms with Crippen LogP contribution in [0.1, 0.15) is 12.5 Å². The number of aromatic amines is 1. The molecule has 0 atom stereocenters. The van der Waals surface area contributed by atoms with E-state index in [1.165, 1.54) is 6.20 Å². The summed E-state index contributed by atoms with van der Waals surface area (Å²) in [6.07, 6.45) is 1.45. The van der Waals surface area contributed by atoms with E-state index in [4.69, 9.17) is 4.74 Å². The van der Waals surface area contributed by atoms with Gasteiger partial charge in [-0.3, -0.25) is 5.10 Å². The predicted octanol–water partition coefficient (Wildman–Crippen LogP) is 2.71. The first-order valence-corrected chi connectivity index (χ1v) is 4.67. The van der Waals surface area contributed by atoms with E-state index in [9.17, 15) is 4.39 Å². The van der Waals surface area contributed by atoms with Crippen LogP contribution in [0, 0.1) is 5.82 Å². The summed E-state index contributed by atoms with van der Waals surface area (Å²) in [5, 5.41) is 6.92. The lowest BCUT2D eigenvalue weighted by molar-refractivity contribution is 0.297. The third-order valence-electron chi connectivity index (χ3n) is 2.18. The van der Waals surface area contributed by atoms with E-state index in [0.29, 0.717) is 28.8 Å². The van der Waals surface area contributed by atoms with E-state index < -0.39 is 0 Å². The molecule has 0 radical (unpaired) electrons. The third kappa shape index (κ3) is 1.58. The van der Waals surface area contributed by atoms with E-state index in [-0.39, 0.29) is 5.82 Å². The van der Waals surface area contributed by atoms with Gasteiger partial charge < -0.3 is 4.74 Å². The minimum atomic E-state index is -0.347. The van der Waals surface area contributed by atoms with Crippen LogP contribution in [0.2, 0.25) is 0 Å².